The van der Waals surface area contributed by atoms with E-state index in [9.17, 15) is 4.79 Å². The zero-order valence-corrected chi connectivity index (χ0v) is 12.6. The average Bonchev–Trinajstić information content (AvgIpc) is 2.42. The molecule has 0 spiro atoms. The van der Waals surface area contributed by atoms with E-state index in [0.29, 0.717) is 0 Å². The first-order valence-corrected chi connectivity index (χ1v) is 7.26. The molecule has 0 radical (unpaired) electrons. The zero-order chi connectivity index (χ0) is 14.3. The minimum Gasteiger partial charge on any atom is -0.288 e. The molecule has 0 aromatic heterocycles. The SMILES string of the molecule is O=C(C1=NC2=Cc3ccccc3CC2C=C1)C(Cl)(Cl)Cl. The Morgan fingerprint density at radius 1 is 1.25 bits per heavy atom. The Morgan fingerprint density at radius 2 is 2.00 bits per heavy atom. The normalized spacial score (nSPS) is 20.6. The molecule has 20 heavy (non-hydrogen) atoms. The molecule has 0 bridgehead atoms. The van der Waals surface area contributed by atoms with E-state index in [0.717, 1.165) is 17.7 Å². The summed E-state index contributed by atoms with van der Waals surface area (Å²) in [6.45, 7) is 0. The summed E-state index contributed by atoms with van der Waals surface area (Å²) in [4.78, 5) is 16.3. The molecule has 1 unspecified atom stereocenters. The quantitative estimate of drug-likeness (QED) is 0.713. The Morgan fingerprint density at radius 3 is 2.75 bits per heavy atom. The first-order valence-electron chi connectivity index (χ1n) is 6.13. The Bertz CT molecular complexity index is 668. The minimum absolute atomic E-state index is 0.178. The van der Waals surface area contributed by atoms with Gasteiger partial charge in [0.15, 0.2) is 0 Å². The number of carbonyl (C=O) groups excluding carboxylic acids is 1. The van der Waals surface area contributed by atoms with Crippen molar-refractivity contribution in [2.75, 3.05) is 0 Å². The lowest BCUT2D eigenvalue weighted by Crippen LogP contribution is -2.29. The van der Waals surface area contributed by atoms with Crippen LogP contribution in [0.4, 0.5) is 0 Å². The van der Waals surface area contributed by atoms with Gasteiger partial charge in [-0.05, 0) is 29.7 Å². The van der Waals surface area contributed by atoms with Crippen molar-refractivity contribution in [3.05, 3.63) is 53.2 Å². The van der Waals surface area contributed by atoms with Crippen molar-refractivity contribution in [2.24, 2.45) is 10.9 Å². The van der Waals surface area contributed by atoms with Gasteiger partial charge in [-0.15, -0.1) is 0 Å². The highest BCUT2D eigenvalue weighted by Crippen LogP contribution is 2.34. The van der Waals surface area contributed by atoms with Crippen LogP contribution in [0.2, 0.25) is 0 Å². The largest absolute Gasteiger partial charge is 0.288 e. The standard InChI is InChI=1S/C15H10Cl3NO/c16-15(17,18)14(20)12-6-5-11-7-9-3-1-2-4-10(9)8-13(11)19-12/h1-6,8,11H,7H2. The van der Waals surface area contributed by atoms with Gasteiger partial charge in [-0.1, -0.05) is 65.1 Å². The number of hydrogen-bond acceptors (Lipinski definition) is 2. The smallest absolute Gasteiger partial charge is 0.255 e. The van der Waals surface area contributed by atoms with Crippen molar-refractivity contribution in [2.45, 2.75) is 10.2 Å². The van der Waals surface area contributed by atoms with Crippen molar-refractivity contribution in [1.29, 1.82) is 0 Å². The predicted molar refractivity (Wildman–Crippen MR) is 83.5 cm³/mol. The third-order valence-corrected chi connectivity index (χ3v) is 3.92. The first kappa shape index (κ1) is 13.9. The number of aliphatic imine (C=N–C) groups is 1. The Labute approximate surface area is 131 Å². The number of dihydropyridines is 1. The fourth-order valence-electron chi connectivity index (χ4n) is 2.41. The number of hydrogen-bond donors (Lipinski definition) is 0. The lowest BCUT2D eigenvalue weighted by atomic mass is 9.85. The Kier molecular flexibility index (Phi) is 3.49. The van der Waals surface area contributed by atoms with Gasteiger partial charge in [0.05, 0.1) is 0 Å². The molecule has 1 aliphatic heterocycles. The number of ketones is 1. The maximum absolute atomic E-state index is 11.9. The molecule has 5 heteroatoms. The number of alkyl halides is 3. The molecule has 0 fully saturated rings. The third kappa shape index (κ3) is 2.56. The molecule has 0 saturated heterocycles. The van der Waals surface area contributed by atoms with E-state index in [1.807, 2.05) is 30.4 Å². The van der Waals surface area contributed by atoms with Crippen LogP contribution >= 0.6 is 34.8 Å². The van der Waals surface area contributed by atoms with Gasteiger partial charge in [0.25, 0.3) is 3.79 Å². The van der Waals surface area contributed by atoms with Gasteiger partial charge in [0.1, 0.15) is 5.71 Å². The van der Waals surface area contributed by atoms with Crippen LogP contribution in [-0.4, -0.2) is 15.3 Å². The van der Waals surface area contributed by atoms with E-state index in [1.165, 1.54) is 5.56 Å². The van der Waals surface area contributed by atoms with Crippen molar-refractivity contribution in [3.8, 4) is 0 Å². The first-order chi connectivity index (χ1) is 9.45. The van der Waals surface area contributed by atoms with Crippen LogP contribution in [0.15, 0.2) is 47.1 Å². The number of benzene rings is 1. The number of carbonyl (C=O) groups is 1. The molecule has 1 heterocycles. The molecule has 0 amide bonds. The van der Waals surface area contributed by atoms with E-state index in [-0.39, 0.29) is 11.6 Å². The number of allylic oxidation sites excluding steroid dienone is 2. The summed E-state index contributed by atoms with van der Waals surface area (Å²) in [5, 5.41) is 0. The topological polar surface area (TPSA) is 29.4 Å². The minimum atomic E-state index is -1.97. The maximum atomic E-state index is 11.9. The molecule has 2 aliphatic rings. The second-order valence-electron chi connectivity index (χ2n) is 4.76. The molecular weight excluding hydrogens is 317 g/mol. The third-order valence-electron chi connectivity index (χ3n) is 3.40. The summed E-state index contributed by atoms with van der Waals surface area (Å²) in [7, 11) is 0. The van der Waals surface area contributed by atoms with Crippen LogP contribution < -0.4 is 0 Å². The molecule has 1 aliphatic carbocycles. The van der Waals surface area contributed by atoms with Crippen LogP contribution in [0.5, 0.6) is 0 Å². The molecule has 1 aromatic rings. The second-order valence-corrected chi connectivity index (χ2v) is 7.04. The van der Waals surface area contributed by atoms with E-state index >= 15 is 0 Å². The number of nitrogens with zero attached hydrogens (tertiary/aromatic N) is 1. The van der Waals surface area contributed by atoms with E-state index < -0.39 is 9.58 Å². The van der Waals surface area contributed by atoms with E-state index in [4.69, 9.17) is 34.8 Å². The van der Waals surface area contributed by atoms with Crippen molar-refractivity contribution >= 4 is 52.4 Å². The van der Waals surface area contributed by atoms with Gasteiger partial charge in [-0.3, -0.25) is 4.79 Å². The number of halogens is 3. The molecule has 102 valence electrons. The summed E-state index contributed by atoms with van der Waals surface area (Å²) in [5.41, 5.74) is 3.42. The van der Waals surface area contributed by atoms with Crippen molar-refractivity contribution in [3.63, 3.8) is 0 Å². The summed E-state index contributed by atoms with van der Waals surface area (Å²) in [6, 6.07) is 8.13. The summed E-state index contributed by atoms with van der Waals surface area (Å²) in [6.07, 6.45) is 6.44. The number of fused-ring (bicyclic) bond motifs is 2. The van der Waals surface area contributed by atoms with Gasteiger partial charge < -0.3 is 0 Å². The summed E-state index contributed by atoms with van der Waals surface area (Å²) in [5.74, 6) is -0.422. The fourth-order valence-corrected chi connectivity index (χ4v) is 2.70. The highest BCUT2D eigenvalue weighted by atomic mass is 35.6. The molecule has 1 atom stereocenters. The molecule has 2 nitrogen and oxygen atoms in total. The van der Waals surface area contributed by atoms with Crippen LogP contribution in [0.3, 0.4) is 0 Å². The highest BCUT2D eigenvalue weighted by Gasteiger charge is 2.35. The molecule has 0 N–H and O–H groups in total. The number of Topliss-reactive ketones (excluding diaryl/α,β-unsaturated/α-hetero) is 1. The van der Waals surface area contributed by atoms with Crippen LogP contribution in [-0.2, 0) is 11.2 Å². The van der Waals surface area contributed by atoms with Gasteiger partial charge >= 0.3 is 0 Å². The van der Waals surface area contributed by atoms with Crippen LogP contribution in [0.25, 0.3) is 6.08 Å². The highest BCUT2D eigenvalue weighted by molar-refractivity contribution is 6.83. The Hall–Kier alpha value is -1.09. The van der Waals surface area contributed by atoms with Gasteiger partial charge in [0, 0.05) is 11.6 Å². The molecule has 0 saturated carbocycles. The van der Waals surface area contributed by atoms with E-state index in [2.05, 4.69) is 11.1 Å². The Balaban J connectivity index is 1.99. The summed E-state index contributed by atoms with van der Waals surface area (Å²) < 4.78 is -1.97. The fraction of sp³-hybridized carbons (Fsp3) is 0.200. The van der Waals surface area contributed by atoms with E-state index in [1.54, 1.807) is 6.08 Å². The average molecular weight is 327 g/mol. The molecule has 1 aromatic carbocycles. The van der Waals surface area contributed by atoms with Gasteiger partial charge in [-0.25, -0.2) is 4.99 Å². The van der Waals surface area contributed by atoms with Crippen molar-refractivity contribution < 1.29 is 4.79 Å². The van der Waals surface area contributed by atoms with Crippen molar-refractivity contribution in [1.82, 2.24) is 0 Å². The second kappa shape index (κ2) is 5.03. The van der Waals surface area contributed by atoms with Gasteiger partial charge in [-0.2, -0.15) is 0 Å². The summed E-state index contributed by atoms with van der Waals surface area (Å²) >= 11 is 16.9. The lowest BCUT2D eigenvalue weighted by molar-refractivity contribution is -0.112. The lowest BCUT2D eigenvalue weighted by Gasteiger charge is -2.24. The molecule has 3 rings (SSSR count). The zero-order valence-electron chi connectivity index (χ0n) is 10.3. The maximum Gasteiger partial charge on any atom is 0.255 e. The van der Waals surface area contributed by atoms with Crippen LogP contribution in [0, 0.1) is 5.92 Å². The monoisotopic (exact) mass is 325 g/mol. The number of rotatable bonds is 1. The predicted octanol–water partition coefficient (Wildman–Crippen LogP) is 4.15. The van der Waals surface area contributed by atoms with Crippen LogP contribution in [0.1, 0.15) is 11.1 Å². The molecular formula is C15H10Cl3NO. The van der Waals surface area contributed by atoms with Gasteiger partial charge in [0.2, 0.25) is 5.78 Å².